The molecule has 1 saturated heterocycles. The van der Waals surface area contributed by atoms with Crippen LogP contribution in [0.1, 0.15) is 61.7 Å². The third-order valence-electron chi connectivity index (χ3n) is 4.71. The summed E-state index contributed by atoms with van der Waals surface area (Å²) in [7, 11) is 2.09. The minimum atomic E-state index is -0.289. The van der Waals surface area contributed by atoms with Gasteiger partial charge in [-0.15, -0.1) is 12.4 Å². The van der Waals surface area contributed by atoms with Crippen molar-refractivity contribution in [3.05, 3.63) is 41.0 Å². The third kappa shape index (κ3) is 4.55. The summed E-state index contributed by atoms with van der Waals surface area (Å²) in [5.74, 6) is 2.51. The van der Waals surface area contributed by atoms with Gasteiger partial charge in [0.05, 0.1) is 6.04 Å². The summed E-state index contributed by atoms with van der Waals surface area (Å²) in [6.45, 7) is 11.1. The largest absolute Gasteiger partial charge is 0.481 e. The van der Waals surface area contributed by atoms with Crippen LogP contribution in [0.5, 0.6) is 5.75 Å². The average Bonchev–Trinajstić information content (AvgIpc) is 3.05. The van der Waals surface area contributed by atoms with Gasteiger partial charge >= 0.3 is 0 Å². The molecular weight excluding hydrogens is 352 g/mol. The van der Waals surface area contributed by atoms with Gasteiger partial charge in [0.15, 0.2) is 11.9 Å². The lowest BCUT2D eigenvalue weighted by Crippen LogP contribution is -2.44. The van der Waals surface area contributed by atoms with E-state index >= 15 is 0 Å². The zero-order chi connectivity index (χ0) is 18.0. The molecule has 1 aliphatic rings. The molecule has 3 rings (SSSR count). The van der Waals surface area contributed by atoms with Gasteiger partial charge in [0.1, 0.15) is 5.75 Å². The molecule has 7 heteroatoms. The SMILES string of the molecule is Cc1ccc(C(C)C)c(OC(C)c2nc(C3CNCCN3C)no2)c1.Cl. The molecular formula is C19H29ClN4O2. The fourth-order valence-corrected chi connectivity index (χ4v) is 3.10. The highest BCUT2D eigenvalue weighted by Crippen LogP contribution is 2.31. The second-order valence-corrected chi connectivity index (χ2v) is 7.15. The Morgan fingerprint density at radius 1 is 1.31 bits per heavy atom. The van der Waals surface area contributed by atoms with Crippen LogP contribution in [0, 0.1) is 6.92 Å². The number of aryl methyl sites for hydroxylation is 1. The van der Waals surface area contributed by atoms with E-state index in [-0.39, 0.29) is 24.6 Å². The van der Waals surface area contributed by atoms with Crippen LogP contribution in [0.15, 0.2) is 22.7 Å². The molecule has 0 bridgehead atoms. The number of aromatic nitrogens is 2. The van der Waals surface area contributed by atoms with E-state index in [9.17, 15) is 0 Å². The van der Waals surface area contributed by atoms with Crippen LogP contribution in [-0.2, 0) is 0 Å². The van der Waals surface area contributed by atoms with Crippen molar-refractivity contribution >= 4 is 12.4 Å². The summed E-state index contributed by atoms with van der Waals surface area (Å²) in [5.41, 5.74) is 2.36. The fourth-order valence-electron chi connectivity index (χ4n) is 3.10. The predicted molar refractivity (Wildman–Crippen MR) is 104 cm³/mol. The van der Waals surface area contributed by atoms with Crippen molar-refractivity contribution in [2.24, 2.45) is 0 Å². The molecule has 0 aliphatic carbocycles. The summed E-state index contributed by atoms with van der Waals surface area (Å²) < 4.78 is 11.7. The van der Waals surface area contributed by atoms with Crippen LogP contribution in [0.25, 0.3) is 0 Å². The lowest BCUT2D eigenvalue weighted by molar-refractivity contribution is 0.171. The summed E-state index contributed by atoms with van der Waals surface area (Å²) in [5, 5.41) is 7.55. The maximum atomic E-state index is 6.18. The quantitative estimate of drug-likeness (QED) is 0.854. The van der Waals surface area contributed by atoms with Gasteiger partial charge in [-0.1, -0.05) is 31.1 Å². The van der Waals surface area contributed by atoms with Crippen molar-refractivity contribution in [1.82, 2.24) is 20.4 Å². The minimum absolute atomic E-state index is 0. The van der Waals surface area contributed by atoms with Crippen LogP contribution >= 0.6 is 12.4 Å². The number of halogens is 1. The van der Waals surface area contributed by atoms with Crippen LogP contribution in [0.3, 0.4) is 0 Å². The Morgan fingerprint density at radius 3 is 2.77 bits per heavy atom. The van der Waals surface area contributed by atoms with Crippen molar-refractivity contribution in [2.45, 2.75) is 45.8 Å². The molecule has 0 radical (unpaired) electrons. The number of rotatable bonds is 5. The van der Waals surface area contributed by atoms with Gasteiger partial charge in [-0.05, 0) is 44.0 Å². The molecule has 0 spiro atoms. The van der Waals surface area contributed by atoms with E-state index in [1.54, 1.807) is 0 Å². The Hall–Kier alpha value is -1.63. The van der Waals surface area contributed by atoms with Gasteiger partial charge in [-0.3, -0.25) is 4.90 Å². The highest BCUT2D eigenvalue weighted by atomic mass is 35.5. The molecule has 1 aliphatic heterocycles. The Labute approximate surface area is 161 Å². The van der Waals surface area contributed by atoms with Crippen molar-refractivity contribution in [2.75, 3.05) is 26.7 Å². The van der Waals surface area contributed by atoms with Crippen LogP contribution in [0.2, 0.25) is 0 Å². The first kappa shape index (κ1) is 20.7. The fraction of sp³-hybridized carbons (Fsp3) is 0.579. The van der Waals surface area contributed by atoms with Crippen molar-refractivity contribution in [1.29, 1.82) is 0 Å². The number of nitrogens with one attached hydrogen (secondary N) is 1. The topological polar surface area (TPSA) is 63.4 Å². The van der Waals surface area contributed by atoms with Gasteiger partial charge in [-0.25, -0.2) is 0 Å². The first-order chi connectivity index (χ1) is 12.0. The zero-order valence-electron chi connectivity index (χ0n) is 16.2. The second-order valence-electron chi connectivity index (χ2n) is 7.15. The highest BCUT2D eigenvalue weighted by Gasteiger charge is 2.27. The summed E-state index contributed by atoms with van der Waals surface area (Å²) in [6.07, 6.45) is -0.289. The van der Waals surface area contributed by atoms with Crippen molar-refractivity contribution in [3.8, 4) is 5.75 Å². The molecule has 144 valence electrons. The number of likely N-dealkylation sites (N-methyl/N-ethyl adjacent to an activating group) is 1. The molecule has 26 heavy (non-hydrogen) atoms. The normalized spacial score (nSPS) is 19.2. The number of piperazine rings is 1. The van der Waals surface area contributed by atoms with Gasteiger partial charge < -0.3 is 14.6 Å². The van der Waals surface area contributed by atoms with E-state index in [1.807, 2.05) is 6.92 Å². The molecule has 1 aromatic heterocycles. The molecule has 1 fully saturated rings. The zero-order valence-corrected chi connectivity index (χ0v) is 17.0. The molecule has 0 saturated carbocycles. The Bertz CT molecular complexity index is 719. The summed E-state index contributed by atoms with van der Waals surface area (Å²) in [4.78, 5) is 6.84. The second kappa shape index (κ2) is 8.84. The Kier molecular flexibility index (Phi) is 7.03. The van der Waals surface area contributed by atoms with Crippen LogP contribution in [0.4, 0.5) is 0 Å². The molecule has 0 amide bonds. The highest BCUT2D eigenvalue weighted by molar-refractivity contribution is 5.85. The Morgan fingerprint density at radius 2 is 2.08 bits per heavy atom. The first-order valence-corrected chi connectivity index (χ1v) is 8.97. The van der Waals surface area contributed by atoms with Gasteiger partial charge in [-0.2, -0.15) is 4.98 Å². The van der Waals surface area contributed by atoms with E-state index in [4.69, 9.17) is 9.26 Å². The standard InChI is InChI=1S/C19H28N4O2.ClH/c1-12(2)15-7-6-13(3)10-17(15)24-14(4)19-21-18(22-25-19)16-11-20-8-9-23(16)5;/h6-7,10,12,14,16,20H,8-9,11H2,1-5H3;1H. The van der Waals surface area contributed by atoms with E-state index < -0.39 is 0 Å². The molecule has 2 unspecified atom stereocenters. The van der Waals surface area contributed by atoms with Crippen LogP contribution in [-0.4, -0.2) is 41.7 Å². The lowest BCUT2D eigenvalue weighted by atomic mass is 10.0. The molecule has 1 N–H and O–H groups in total. The maximum absolute atomic E-state index is 6.18. The van der Waals surface area contributed by atoms with E-state index in [0.717, 1.165) is 25.4 Å². The number of ether oxygens (including phenoxy) is 1. The van der Waals surface area contributed by atoms with E-state index in [2.05, 4.69) is 66.4 Å². The van der Waals surface area contributed by atoms with Crippen LogP contribution < -0.4 is 10.1 Å². The summed E-state index contributed by atoms with van der Waals surface area (Å²) >= 11 is 0. The number of hydrogen-bond donors (Lipinski definition) is 1. The van der Waals surface area contributed by atoms with Crippen molar-refractivity contribution in [3.63, 3.8) is 0 Å². The molecule has 6 nitrogen and oxygen atoms in total. The third-order valence-corrected chi connectivity index (χ3v) is 4.71. The molecule has 2 atom stereocenters. The number of benzene rings is 1. The lowest BCUT2D eigenvalue weighted by Gasteiger charge is -2.30. The monoisotopic (exact) mass is 380 g/mol. The first-order valence-electron chi connectivity index (χ1n) is 8.97. The minimum Gasteiger partial charge on any atom is -0.481 e. The predicted octanol–water partition coefficient (Wildman–Crippen LogP) is 3.64. The van der Waals surface area contributed by atoms with Gasteiger partial charge in [0, 0.05) is 19.6 Å². The number of hydrogen-bond acceptors (Lipinski definition) is 6. The summed E-state index contributed by atoms with van der Waals surface area (Å²) in [6, 6.07) is 6.46. The molecule has 2 heterocycles. The molecule has 2 aromatic rings. The van der Waals surface area contributed by atoms with Gasteiger partial charge in [0.2, 0.25) is 0 Å². The molecule has 1 aromatic carbocycles. The van der Waals surface area contributed by atoms with Crippen molar-refractivity contribution < 1.29 is 9.26 Å². The smallest absolute Gasteiger partial charge is 0.267 e. The number of nitrogens with zero attached hydrogens (tertiary/aromatic N) is 3. The maximum Gasteiger partial charge on any atom is 0.267 e. The van der Waals surface area contributed by atoms with E-state index in [0.29, 0.717) is 17.6 Å². The Balaban J connectivity index is 0.00000243. The average molecular weight is 381 g/mol. The van der Waals surface area contributed by atoms with Gasteiger partial charge in [0.25, 0.3) is 5.89 Å². The van der Waals surface area contributed by atoms with E-state index in [1.165, 1.54) is 11.1 Å².